The molecule has 0 aromatic heterocycles. The van der Waals surface area contributed by atoms with E-state index in [-0.39, 0.29) is 39.1 Å². The summed E-state index contributed by atoms with van der Waals surface area (Å²) in [6.45, 7) is 5.87. The van der Waals surface area contributed by atoms with Crippen LogP contribution in [0.25, 0.3) is 0 Å². The standard InChI is InChI=1S/C23H41NO12/c1-4-20(25)34-17-19(36-21(26)5-2)18-35-22(27)7-6-9-30-13-14-31-10-8-24-23(28)33-16-15-32-12-11-29-3/h19H,4-18H2,1-3H3,(H,24,28)/t19-/m1/s1. The number of alkyl carbamates (subject to hydrolysis) is 1. The Kier molecular flexibility index (Phi) is 22.6. The lowest BCUT2D eigenvalue weighted by atomic mass is 10.3. The third-order valence-electron chi connectivity index (χ3n) is 4.19. The van der Waals surface area contributed by atoms with Crippen LogP contribution in [0.15, 0.2) is 0 Å². The summed E-state index contributed by atoms with van der Waals surface area (Å²) in [5.74, 6) is -1.39. The van der Waals surface area contributed by atoms with E-state index in [1.54, 1.807) is 21.0 Å². The van der Waals surface area contributed by atoms with Gasteiger partial charge >= 0.3 is 24.0 Å². The number of methoxy groups -OCH3 is 1. The minimum Gasteiger partial charge on any atom is -0.462 e. The Bertz CT molecular complexity index is 602. The molecule has 0 fully saturated rings. The van der Waals surface area contributed by atoms with E-state index in [9.17, 15) is 19.2 Å². The maximum absolute atomic E-state index is 11.9. The lowest BCUT2D eigenvalue weighted by molar-refractivity contribution is -0.166. The average Bonchev–Trinajstić information content (AvgIpc) is 2.88. The van der Waals surface area contributed by atoms with E-state index < -0.39 is 30.1 Å². The Balaban J connectivity index is 3.67. The van der Waals surface area contributed by atoms with Crippen LogP contribution >= 0.6 is 0 Å². The zero-order chi connectivity index (χ0) is 26.9. The normalized spacial score (nSPS) is 11.4. The molecule has 0 heterocycles. The van der Waals surface area contributed by atoms with E-state index in [2.05, 4.69) is 5.32 Å². The Morgan fingerprint density at radius 2 is 1.25 bits per heavy atom. The molecule has 0 aliphatic carbocycles. The lowest BCUT2D eigenvalue weighted by Crippen LogP contribution is -2.30. The van der Waals surface area contributed by atoms with Crippen molar-refractivity contribution in [3.63, 3.8) is 0 Å². The summed E-state index contributed by atoms with van der Waals surface area (Å²) in [6.07, 6.45) is -0.492. The molecule has 0 aliphatic heterocycles. The Morgan fingerprint density at radius 3 is 1.92 bits per heavy atom. The highest BCUT2D eigenvalue weighted by Crippen LogP contribution is 2.02. The second-order valence-electron chi connectivity index (χ2n) is 7.18. The number of rotatable bonds is 23. The van der Waals surface area contributed by atoms with E-state index >= 15 is 0 Å². The molecule has 1 N–H and O–H groups in total. The molecule has 13 heteroatoms. The molecule has 1 atom stereocenters. The van der Waals surface area contributed by atoms with Gasteiger partial charge in [-0.15, -0.1) is 0 Å². The molecule has 0 radical (unpaired) electrons. The predicted molar refractivity (Wildman–Crippen MR) is 125 cm³/mol. The van der Waals surface area contributed by atoms with E-state index in [1.165, 1.54) is 0 Å². The molecular formula is C23H41NO12. The fourth-order valence-corrected chi connectivity index (χ4v) is 2.29. The van der Waals surface area contributed by atoms with Crippen LogP contribution in [0, 0.1) is 0 Å². The number of esters is 3. The molecule has 0 aliphatic rings. The minimum atomic E-state index is -0.846. The van der Waals surface area contributed by atoms with E-state index in [0.717, 1.165) is 0 Å². The van der Waals surface area contributed by atoms with Gasteiger partial charge in [-0.2, -0.15) is 0 Å². The van der Waals surface area contributed by atoms with Crippen LogP contribution in [0.1, 0.15) is 39.5 Å². The quantitative estimate of drug-likeness (QED) is 0.115. The largest absolute Gasteiger partial charge is 0.462 e. The van der Waals surface area contributed by atoms with Gasteiger partial charge in [0.25, 0.3) is 0 Å². The van der Waals surface area contributed by atoms with Crippen molar-refractivity contribution in [3.8, 4) is 0 Å². The fourth-order valence-electron chi connectivity index (χ4n) is 2.29. The Labute approximate surface area is 212 Å². The molecule has 0 spiro atoms. The predicted octanol–water partition coefficient (Wildman–Crippen LogP) is 1.01. The van der Waals surface area contributed by atoms with Gasteiger partial charge < -0.3 is 43.2 Å². The second-order valence-corrected chi connectivity index (χ2v) is 7.18. The average molecular weight is 524 g/mol. The first-order chi connectivity index (χ1) is 17.4. The van der Waals surface area contributed by atoms with Gasteiger partial charge in [0.2, 0.25) is 0 Å². The summed E-state index contributed by atoms with van der Waals surface area (Å²) >= 11 is 0. The molecule has 0 rings (SSSR count). The molecule has 0 bridgehead atoms. The monoisotopic (exact) mass is 523 g/mol. The van der Waals surface area contributed by atoms with Crippen LogP contribution in [-0.4, -0.2) is 110 Å². The first-order valence-corrected chi connectivity index (χ1v) is 12.1. The minimum absolute atomic E-state index is 0.119. The second kappa shape index (κ2) is 24.2. The number of amides is 1. The van der Waals surface area contributed by atoms with Gasteiger partial charge in [0, 0.05) is 39.5 Å². The van der Waals surface area contributed by atoms with Crippen molar-refractivity contribution in [3.05, 3.63) is 0 Å². The molecule has 0 saturated heterocycles. The number of hydrogen-bond donors (Lipinski definition) is 1. The Morgan fingerprint density at radius 1 is 0.667 bits per heavy atom. The summed E-state index contributed by atoms with van der Waals surface area (Å²) in [7, 11) is 1.58. The highest BCUT2D eigenvalue weighted by Gasteiger charge is 2.18. The Hall–Kier alpha value is -2.48. The van der Waals surface area contributed by atoms with Gasteiger partial charge in [0.05, 0.1) is 39.6 Å². The maximum Gasteiger partial charge on any atom is 0.407 e. The topological polar surface area (TPSA) is 154 Å². The van der Waals surface area contributed by atoms with Crippen molar-refractivity contribution < 1.29 is 57.1 Å². The summed E-state index contributed by atoms with van der Waals surface area (Å²) < 4.78 is 40.8. The van der Waals surface area contributed by atoms with Gasteiger partial charge in [-0.05, 0) is 6.42 Å². The summed E-state index contributed by atoms with van der Waals surface area (Å²) in [5, 5.41) is 2.55. The van der Waals surface area contributed by atoms with Crippen molar-refractivity contribution in [2.45, 2.75) is 45.6 Å². The maximum atomic E-state index is 11.9. The first kappa shape index (κ1) is 33.5. The third-order valence-corrected chi connectivity index (χ3v) is 4.19. The number of carbonyl (C=O) groups excluding carboxylic acids is 4. The highest BCUT2D eigenvalue weighted by atomic mass is 16.6. The lowest BCUT2D eigenvalue weighted by Gasteiger charge is -2.17. The van der Waals surface area contributed by atoms with E-state index in [4.69, 9.17) is 37.9 Å². The molecule has 1 amide bonds. The van der Waals surface area contributed by atoms with Crippen molar-refractivity contribution in [1.29, 1.82) is 0 Å². The molecular weight excluding hydrogens is 482 g/mol. The van der Waals surface area contributed by atoms with Crippen molar-refractivity contribution in [1.82, 2.24) is 5.32 Å². The summed E-state index contributed by atoms with van der Waals surface area (Å²) in [6, 6.07) is 0. The highest BCUT2D eigenvalue weighted by molar-refractivity contribution is 5.70. The van der Waals surface area contributed by atoms with Crippen LogP contribution in [0.4, 0.5) is 4.79 Å². The zero-order valence-corrected chi connectivity index (χ0v) is 21.6. The van der Waals surface area contributed by atoms with Crippen LogP contribution in [-0.2, 0) is 52.3 Å². The van der Waals surface area contributed by atoms with Gasteiger partial charge in [-0.3, -0.25) is 14.4 Å². The number of ether oxygens (including phenoxy) is 8. The zero-order valence-electron chi connectivity index (χ0n) is 21.6. The van der Waals surface area contributed by atoms with Crippen LogP contribution in [0.5, 0.6) is 0 Å². The van der Waals surface area contributed by atoms with Crippen LogP contribution in [0.3, 0.4) is 0 Å². The first-order valence-electron chi connectivity index (χ1n) is 12.1. The summed E-state index contributed by atoms with van der Waals surface area (Å²) in [4.78, 5) is 46.1. The van der Waals surface area contributed by atoms with Crippen molar-refractivity contribution >= 4 is 24.0 Å². The van der Waals surface area contributed by atoms with E-state index in [0.29, 0.717) is 59.2 Å². The van der Waals surface area contributed by atoms with Crippen molar-refractivity contribution in [2.75, 3.05) is 79.7 Å². The smallest absolute Gasteiger partial charge is 0.407 e. The van der Waals surface area contributed by atoms with Gasteiger partial charge in [-0.25, -0.2) is 4.79 Å². The molecule has 13 nitrogen and oxygen atoms in total. The third kappa shape index (κ3) is 22.0. The molecule has 0 aromatic rings. The molecule has 0 aromatic carbocycles. The number of hydrogen-bond acceptors (Lipinski definition) is 12. The summed E-state index contributed by atoms with van der Waals surface area (Å²) in [5.41, 5.74) is 0. The molecule has 0 saturated carbocycles. The number of nitrogens with one attached hydrogen (secondary N) is 1. The van der Waals surface area contributed by atoms with Crippen molar-refractivity contribution in [2.24, 2.45) is 0 Å². The van der Waals surface area contributed by atoms with E-state index in [1.807, 2.05) is 0 Å². The number of carbonyl (C=O) groups is 4. The van der Waals surface area contributed by atoms with Gasteiger partial charge in [0.15, 0.2) is 6.10 Å². The SMILES string of the molecule is CCC(=O)OC[C@H](COC(=O)CCCOCCOCCNC(=O)OCCOCCOC)OC(=O)CC. The van der Waals surface area contributed by atoms with Gasteiger partial charge in [0.1, 0.15) is 19.8 Å². The van der Waals surface area contributed by atoms with Crippen LogP contribution < -0.4 is 5.32 Å². The van der Waals surface area contributed by atoms with Crippen LogP contribution in [0.2, 0.25) is 0 Å². The molecule has 210 valence electrons. The molecule has 36 heavy (non-hydrogen) atoms. The van der Waals surface area contributed by atoms with Gasteiger partial charge in [-0.1, -0.05) is 13.8 Å². The molecule has 0 unspecified atom stereocenters. The fraction of sp³-hybridized carbons (Fsp3) is 0.826.